The molecule has 0 aromatic carbocycles. The molecule has 4 nitrogen and oxygen atoms in total. The maximum atomic E-state index is 10.6. The van der Waals surface area contributed by atoms with Crippen molar-refractivity contribution in [3.05, 3.63) is 16.6 Å². The van der Waals surface area contributed by atoms with Crippen LogP contribution in [0.3, 0.4) is 0 Å². The number of carboxylic acid groups (broad SMARTS) is 1. The summed E-state index contributed by atoms with van der Waals surface area (Å²) >= 11 is 1.66. The average Bonchev–Trinajstić information content (AvgIpc) is 2.77. The molecule has 1 aliphatic heterocycles. The maximum Gasteiger partial charge on any atom is 0.303 e. The molecule has 1 aromatic rings. The van der Waals surface area contributed by atoms with Crippen LogP contribution in [0.2, 0.25) is 0 Å². The Hall–Kier alpha value is -0.940. The van der Waals surface area contributed by atoms with Gasteiger partial charge in [0.25, 0.3) is 0 Å². The molecule has 0 radical (unpaired) electrons. The Labute approximate surface area is 92.6 Å². The van der Waals surface area contributed by atoms with Crippen molar-refractivity contribution in [1.29, 1.82) is 0 Å². The molecule has 82 valence electrons. The van der Waals surface area contributed by atoms with Crippen LogP contribution in [0.1, 0.15) is 17.8 Å². The highest BCUT2D eigenvalue weighted by Gasteiger charge is 2.24. The first kappa shape index (κ1) is 10.6. The summed E-state index contributed by atoms with van der Waals surface area (Å²) in [6, 6.07) is 0. The molecule has 1 aliphatic rings. The third-order valence-electron chi connectivity index (χ3n) is 2.68. The fourth-order valence-electron chi connectivity index (χ4n) is 1.99. The van der Waals surface area contributed by atoms with Crippen molar-refractivity contribution in [2.45, 2.75) is 19.4 Å². The highest BCUT2D eigenvalue weighted by Crippen LogP contribution is 2.21. The molecule has 0 spiro atoms. The van der Waals surface area contributed by atoms with Crippen molar-refractivity contribution in [2.75, 3.05) is 13.1 Å². The molecule has 1 fully saturated rings. The van der Waals surface area contributed by atoms with Gasteiger partial charge in [-0.15, -0.1) is 11.3 Å². The monoisotopic (exact) mass is 226 g/mol. The minimum absolute atomic E-state index is 0.300. The van der Waals surface area contributed by atoms with E-state index < -0.39 is 5.97 Å². The first-order chi connectivity index (χ1) is 7.24. The van der Waals surface area contributed by atoms with E-state index in [2.05, 4.69) is 9.88 Å². The van der Waals surface area contributed by atoms with Gasteiger partial charge in [0.05, 0.1) is 6.54 Å². The van der Waals surface area contributed by atoms with Crippen LogP contribution in [-0.2, 0) is 11.3 Å². The summed E-state index contributed by atoms with van der Waals surface area (Å²) in [5.41, 5.74) is 0. The molecular formula is C10H14N2O2S. The topological polar surface area (TPSA) is 53.4 Å². The summed E-state index contributed by atoms with van der Waals surface area (Å²) in [6.07, 6.45) is 3.11. The van der Waals surface area contributed by atoms with Gasteiger partial charge in [0.15, 0.2) is 0 Å². The molecule has 15 heavy (non-hydrogen) atoms. The number of hydrogen-bond acceptors (Lipinski definition) is 4. The quantitative estimate of drug-likeness (QED) is 0.844. The molecule has 5 heteroatoms. The van der Waals surface area contributed by atoms with E-state index >= 15 is 0 Å². The summed E-state index contributed by atoms with van der Waals surface area (Å²) in [5.74, 6) is -0.362. The van der Waals surface area contributed by atoms with E-state index in [-0.39, 0.29) is 0 Å². The number of aliphatic carboxylic acids is 1. The Bertz CT molecular complexity index is 326. The van der Waals surface area contributed by atoms with Crippen LogP contribution < -0.4 is 0 Å². The molecule has 0 amide bonds. The van der Waals surface area contributed by atoms with Gasteiger partial charge in [-0.1, -0.05) is 0 Å². The summed E-state index contributed by atoms with van der Waals surface area (Å²) in [7, 11) is 0. The number of carboxylic acids is 1. The second-order valence-electron chi connectivity index (χ2n) is 3.91. The smallest absolute Gasteiger partial charge is 0.303 e. The van der Waals surface area contributed by atoms with Crippen LogP contribution in [0.4, 0.5) is 0 Å². The Morgan fingerprint density at radius 2 is 2.60 bits per heavy atom. The number of aromatic nitrogens is 1. The molecule has 0 bridgehead atoms. The Morgan fingerprint density at radius 3 is 3.27 bits per heavy atom. The van der Waals surface area contributed by atoms with Crippen molar-refractivity contribution in [2.24, 2.45) is 5.92 Å². The first-order valence-corrected chi connectivity index (χ1v) is 5.94. The normalized spacial score (nSPS) is 22.0. The van der Waals surface area contributed by atoms with Gasteiger partial charge >= 0.3 is 5.97 Å². The van der Waals surface area contributed by atoms with Crippen LogP contribution in [0, 0.1) is 5.92 Å². The molecule has 2 rings (SSSR count). The van der Waals surface area contributed by atoms with Crippen LogP contribution in [0.25, 0.3) is 0 Å². The fraction of sp³-hybridized carbons (Fsp3) is 0.600. The van der Waals surface area contributed by atoms with Crippen molar-refractivity contribution >= 4 is 17.3 Å². The molecule has 1 unspecified atom stereocenters. The van der Waals surface area contributed by atoms with Crippen LogP contribution in [0.15, 0.2) is 11.6 Å². The summed E-state index contributed by atoms with van der Waals surface area (Å²) in [6.45, 7) is 2.76. The molecule has 1 aromatic heterocycles. The van der Waals surface area contributed by atoms with Gasteiger partial charge in [-0.25, -0.2) is 4.98 Å². The van der Waals surface area contributed by atoms with Gasteiger partial charge < -0.3 is 5.11 Å². The maximum absolute atomic E-state index is 10.6. The highest BCUT2D eigenvalue weighted by molar-refractivity contribution is 7.09. The van der Waals surface area contributed by atoms with E-state index in [1.54, 1.807) is 11.3 Å². The predicted molar refractivity (Wildman–Crippen MR) is 57.8 cm³/mol. The Balaban J connectivity index is 1.80. The predicted octanol–water partition coefficient (Wildman–Crippen LogP) is 1.44. The lowest BCUT2D eigenvalue weighted by molar-refractivity contribution is -0.138. The van der Waals surface area contributed by atoms with Crippen molar-refractivity contribution in [1.82, 2.24) is 9.88 Å². The van der Waals surface area contributed by atoms with Crippen molar-refractivity contribution in [3.8, 4) is 0 Å². The third kappa shape index (κ3) is 3.00. The highest BCUT2D eigenvalue weighted by atomic mass is 32.1. The second kappa shape index (κ2) is 4.72. The minimum Gasteiger partial charge on any atom is -0.481 e. The van der Waals surface area contributed by atoms with Gasteiger partial charge in [-0.05, 0) is 18.9 Å². The zero-order chi connectivity index (χ0) is 10.7. The molecule has 1 saturated heterocycles. The van der Waals surface area contributed by atoms with E-state index in [9.17, 15) is 4.79 Å². The van der Waals surface area contributed by atoms with E-state index in [1.807, 2.05) is 11.6 Å². The van der Waals surface area contributed by atoms with Gasteiger partial charge in [0.2, 0.25) is 0 Å². The molecule has 0 saturated carbocycles. The van der Waals surface area contributed by atoms with Gasteiger partial charge in [0.1, 0.15) is 5.01 Å². The lowest BCUT2D eigenvalue weighted by atomic mass is 10.1. The number of nitrogens with zero attached hydrogens (tertiary/aromatic N) is 2. The molecule has 2 heterocycles. The third-order valence-corrected chi connectivity index (χ3v) is 3.44. The molecule has 1 atom stereocenters. The first-order valence-electron chi connectivity index (χ1n) is 5.06. The molecular weight excluding hydrogens is 212 g/mol. The largest absolute Gasteiger partial charge is 0.481 e. The number of likely N-dealkylation sites (tertiary alicyclic amines) is 1. The standard InChI is InChI=1S/C10H14N2O2S/c13-10(14)5-8-1-3-12(6-8)7-9-11-2-4-15-9/h2,4,8H,1,3,5-7H2,(H,13,14). The molecule has 0 aliphatic carbocycles. The lowest BCUT2D eigenvalue weighted by Gasteiger charge is -2.13. The van der Waals surface area contributed by atoms with Gasteiger partial charge in [-0.2, -0.15) is 0 Å². The van der Waals surface area contributed by atoms with Gasteiger partial charge in [0, 0.05) is 24.5 Å². The van der Waals surface area contributed by atoms with Crippen LogP contribution >= 0.6 is 11.3 Å². The van der Waals surface area contributed by atoms with Crippen LogP contribution in [-0.4, -0.2) is 34.0 Å². The fourth-order valence-corrected chi connectivity index (χ4v) is 2.65. The van der Waals surface area contributed by atoms with Crippen LogP contribution in [0.5, 0.6) is 0 Å². The van der Waals surface area contributed by atoms with E-state index in [0.29, 0.717) is 12.3 Å². The van der Waals surface area contributed by atoms with E-state index in [0.717, 1.165) is 31.1 Å². The average molecular weight is 226 g/mol. The zero-order valence-electron chi connectivity index (χ0n) is 8.43. The Kier molecular flexibility index (Phi) is 3.33. The van der Waals surface area contributed by atoms with Gasteiger partial charge in [-0.3, -0.25) is 9.69 Å². The number of thiazole rings is 1. The van der Waals surface area contributed by atoms with E-state index in [1.165, 1.54) is 0 Å². The lowest BCUT2D eigenvalue weighted by Crippen LogP contribution is -2.20. The van der Waals surface area contributed by atoms with E-state index in [4.69, 9.17) is 5.11 Å². The molecule has 1 N–H and O–H groups in total. The summed E-state index contributed by atoms with van der Waals surface area (Å²) in [5, 5.41) is 11.8. The number of carbonyl (C=O) groups is 1. The SMILES string of the molecule is O=C(O)CC1CCN(Cc2nccs2)C1. The summed E-state index contributed by atoms with van der Waals surface area (Å²) < 4.78 is 0. The Morgan fingerprint density at radius 1 is 1.73 bits per heavy atom. The van der Waals surface area contributed by atoms with Crippen molar-refractivity contribution in [3.63, 3.8) is 0 Å². The number of hydrogen-bond donors (Lipinski definition) is 1. The second-order valence-corrected chi connectivity index (χ2v) is 4.89. The minimum atomic E-state index is -0.684. The zero-order valence-corrected chi connectivity index (χ0v) is 9.24. The number of rotatable bonds is 4. The van der Waals surface area contributed by atoms with Crippen molar-refractivity contribution < 1.29 is 9.90 Å². The summed E-state index contributed by atoms with van der Waals surface area (Å²) in [4.78, 5) is 17.1.